The Hall–Kier alpha value is -1.04. The summed E-state index contributed by atoms with van der Waals surface area (Å²) in [6.07, 6.45) is 0.557. The van der Waals surface area contributed by atoms with E-state index >= 15 is 0 Å². The number of rotatable bonds is 1. The second kappa shape index (κ2) is 3.52. The monoisotopic (exact) mass is 207 g/mol. The fourth-order valence-electron chi connectivity index (χ4n) is 3.27. The van der Waals surface area contributed by atoms with Gasteiger partial charge < -0.3 is 4.74 Å². The lowest BCUT2D eigenvalue weighted by Crippen LogP contribution is -2.23. The number of ether oxygens (including phenoxy) is 1. The van der Waals surface area contributed by atoms with Crippen LogP contribution in [0.3, 0.4) is 0 Å². The molecule has 0 N–H and O–H groups in total. The summed E-state index contributed by atoms with van der Waals surface area (Å²) in [5.41, 5.74) is 0. The van der Waals surface area contributed by atoms with Crippen molar-refractivity contribution in [3.8, 4) is 6.07 Å². The summed E-state index contributed by atoms with van der Waals surface area (Å²) in [7, 11) is 0. The van der Waals surface area contributed by atoms with Gasteiger partial charge in [-0.1, -0.05) is 20.8 Å². The topological polar surface area (TPSA) is 50.1 Å². The van der Waals surface area contributed by atoms with Gasteiger partial charge in [0.1, 0.15) is 6.07 Å². The molecule has 1 saturated carbocycles. The van der Waals surface area contributed by atoms with Crippen LogP contribution in [0.15, 0.2) is 0 Å². The molecule has 1 saturated heterocycles. The summed E-state index contributed by atoms with van der Waals surface area (Å²) in [6, 6.07) is 2.11. The fourth-order valence-corrected chi connectivity index (χ4v) is 3.27. The molecule has 1 heterocycles. The van der Waals surface area contributed by atoms with Crippen molar-refractivity contribution in [2.24, 2.45) is 29.6 Å². The van der Waals surface area contributed by atoms with Crippen molar-refractivity contribution in [1.29, 1.82) is 5.26 Å². The second-order valence-corrected chi connectivity index (χ2v) is 5.21. The number of hydrogen-bond acceptors (Lipinski definition) is 3. The predicted molar refractivity (Wildman–Crippen MR) is 54.6 cm³/mol. The molecule has 0 amide bonds. The molecule has 2 rings (SSSR count). The highest BCUT2D eigenvalue weighted by atomic mass is 16.6. The van der Waals surface area contributed by atoms with Gasteiger partial charge in [0.25, 0.3) is 0 Å². The van der Waals surface area contributed by atoms with E-state index in [2.05, 4.69) is 26.8 Å². The first kappa shape index (κ1) is 10.5. The minimum absolute atomic E-state index is 0.0235. The Kier molecular flexibility index (Phi) is 2.46. The van der Waals surface area contributed by atoms with Gasteiger partial charge in [-0.05, 0) is 24.2 Å². The normalized spacial score (nSPS) is 43.9. The van der Waals surface area contributed by atoms with E-state index in [0.717, 1.165) is 6.42 Å². The molecule has 15 heavy (non-hydrogen) atoms. The Morgan fingerprint density at radius 1 is 1.53 bits per heavy atom. The minimum atomic E-state index is -0.499. The van der Waals surface area contributed by atoms with Gasteiger partial charge in [-0.2, -0.15) is 5.26 Å². The quantitative estimate of drug-likeness (QED) is 0.618. The first-order valence-electron chi connectivity index (χ1n) is 5.66. The van der Waals surface area contributed by atoms with Gasteiger partial charge in [0.15, 0.2) is 6.10 Å². The number of hydrogen-bond donors (Lipinski definition) is 0. The summed E-state index contributed by atoms with van der Waals surface area (Å²) in [5, 5.41) is 8.95. The van der Waals surface area contributed by atoms with Gasteiger partial charge in [-0.15, -0.1) is 0 Å². The van der Waals surface area contributed by atoms with Crippen molar-refractivity contribution < 1.29 is 9.53 Å². The molecule has 0 aromatic rings. The predicted octanol–water partition coefficient (Wildman–Crippen LogP) is 1.98. The molecule has 82 valence electrons. The molecule has 5 atom stereocenters. The third kappa shape index (κ3) is 1.43. The van der Waals surface area contributed by atoms with Crippen LogP contribution in [0.25, 0.3) is 0 Å². The van der Waals surface area contributed by atoms with Gasteiger partial charge in [0.2, 0.25) is 0 Å². The number of cyclic esters (lactones) is 1. The average Bonchev–Trinajstić information content (AvgIpc) is 2.67. The number of carbonyl (C=O) groups is 1. The zero-order valence-corrected chi connectivity index (χ0v) is 9.43. The van der Waals surface area contributed by atoms with Gasteiger partial charge in [-0.3, -0.25) is 4.79 Å². The van der Waals surface area contributed by atoms with Crippen LogP contribution in [-0.2, 0) is 9.53 Å². The molecular formula is C12H17NO2. The highest BCUT2D eigenvalue weighted by Crippen LogP contribution is 2.50. The van der Waals surface area contributed by atoms with Crippen molar-refractivity contribution in [3.63, 3.8) is 0 Å². The largest absolute Gasteiger partial charge is 0.446 e. The second-order valence-electron chi connectivity index (χ2n) is 5.21. The van der Waals surface area contributed by atoms with Crippen molar-refractivity contribution in [2.45, 2.75) is 33.3 Å². The van der Waals surface area contributed by atoms with Crippen LogP contribution in [0.5, 0.6) is 0 Å². The average molecular weight is 207 g/mol. The molecule has 1 aliphatic heterocycles. The van der Waals surface area contributed by atoms with E-state index in [1.807, 2.05) is 0 Å². The molecule has 5 unspecified atom stereocenters. The van der Waals surface area contributed by atoms with E-state index in [1.165, 1.54) is 0 Å². The Labute approximate surface area is 90.4 Å². The number of carbonyl (C=O) groups excluding carboxylic acids is 1. The van der Waals surface area contributed by atoms with Crippen LogP contribution >= 0.6 is 0 Å². The third-order valence-corrected chi connectivity index (χ3v) is 4.03. The van der Waals surface area contributed by atoms with E-state index in [4.69, 9.17) is 10.00 Å². The maximum Gasteiger partial charge on any atom is 0.311 e. The summed E-state index contributed by atoms with van der Waals surface area (Å²) < 4.78 is 5.13. The van der Waals surface area contributed by atoms with Crippen molar-refractivity contribution in [1.82, 2.24) is 0 Å². The molecule has 0 radical (unpaired) electrons. The molecule has 3 heteroatoms. The van der Waals surface area contributed by atoms with Gasteiger partial charge in [0.05, 0.1) is 5.92 Å². The van der Waals surface area contributed by atoms with Crippen molar-refractivity contribution in [3.05, 3.63) is 0 Å². The summed E-state index contributed by atoms with van der Waals surface area (Å²) >= 11 is 0. The SMILES string of the molecule is CC(C)C1CC(C)C2C(C#N)OC(=O)C12. The molecule has 3 nitrogen and oxygen atoms in total. The Balaban J connectivity index is 2.28. The smallest absolute Gasteiger partial charge is 0.311 e. The van der Waals surface area contributed by atoms with Crippen molar-refractivity contribution >= 4 is 5.97 Å². The van der Waals surface area contributed by atoms with Crippen LogP contribution < -0.4 is 0 Å². The molecule has 2 aliphatic rings. The molecule has 0 spiro atoms. The lowest BCUT2D eigenvalue weighted by Gasteiger charge is -2.18. The molecule has 1 aliphatic carbocycles. The maximum atomic E-state index is 11.7. The Morgan fingerprint density at radius 2 is 2.20 bits per heavy atom. The van der Waals surface area contributed by atoms with Crippen LogP contribution in [0.2, 0.25) is 0 Å². The van der Waals surface area contributed by atoms with Crippen LogP contribution in [0.1, 0.15) is 27.2 Å². The molecular weight excluding hydrogens is 190 g/mol. The van der Waals surface area contributed by atoms with E-state index in [-0.39, 0.29) is 17.8 Å². The number of esters is 1. The lowest BCUT2D eigenvalue weighted by atomic mass is 9.82. The molecule has 2 fully saturated rings. The number of nitriles is 1. The third-order valence-electron chi connectivity index (χ3n) is 4.03. The Morgan fingerprint density at radius 3 is 2.73 bits per heavy atom. The van der Waals surface area contributed by atoms with Gasteiger partial charge in [0, 0.05) is 5.92 Å². The first-order chi connectivity index (χ1) is 7.06. The van der Waals surface area contributed by atoms with E-state index in [9.17, 15) is 4.79 Å². The Bertz CT molecular complexity index is 318. The number of fused-ring (bicyclic) bond motifs is 1. The maximum absolute atomic E-state index is 11.7. The van der Waals surface area contributed by atoms with Crippen LogP contribution in [-0.4, -0.2) is 12.1 Å². The lowest BCUT2D eigenvalue weighted by molar-refractivity contribution is -0.144. The van der Waals surface area contributed by atoms with Crippen molar-refractivity contribution in [2.75, 3.05) is 0 Å². The van der Waals surface area contributed by atoms with Gasteiger partial charge in [-0.25, -0.2) is 0 Å². The summed E-state index contributed by atoms with van der Waals surface area (Å²) in [4.78, 5) is 11.7. The summed E-state index contributed by atoms with van der Waals surface area (Å²) in [6.45, 7) is 6.42. The zero-order valence-electron chi connectivity index (χ0n) is 9.43. The van der Waals surface area contributed by atoms with Gasteiger partial charge >= 0.3 is 5.97 Å². The molecule has 0 bridgehead atoms. The minimum Gasteiger partial charge on any atom is -0.446 e. The highest BCUT2D eigenvalue weighted by Gasteiger charge is 2.56. The summed E-state index contributed by atoms with van der Waals surface area (Å²) in [5.74, 6) is 1.29. The standard InChI is InChI=1S/C12H17NO2/c1-6(2)8-4-7(3)10-9(5-13)15-12(14)11(8)10/h6-11H,4H2,1-3H3. The first-order valence-corrected chi connectivity index (χ1v) is 5.66. The van der Waals surface area contributed by atoms with E-state index < -0.39 is 6.10 Å². The van der Waals surface area contributed by atoms with Crippen LogP contribution in [0, 0.1) is 40.9 Å². The highest BCUT2D eigenvalue weighted by molar-refractivity contribution is 5.76. The van der Waals surface area contributed by atoms with E-state index in [1.54, 1.807) is 0 Å². The number of nitrogens with zero attached hydrogens (tertiary/aromatic N) is 1. The fraction of sp³-hybridized carbons (Fsp3) is 0.833. The van der Waals surface area contributed by atoms with Crippen LogP contribution in [0.4, 0.5) is 0 Å². The zero-order chi connectivity index (χ0) is 11.2. The molecule has 0 aromatic carbocycles. The van der Waals surface area contributed by atoms with E-state index in [0.29, 0.717) is 17.8 Å². The molecule has 0 aromatic heterocycles.